The van der Waals surface area contributed by atoms with E-state index in [1.165, 1.54) is 19.2 Å². The quantitative estimate of drug-likeness (QED) is 0.802. The minimum atomic E-state index is -4.60. The van der Waals surface area contributed by atoms with Crippen LogP contribution in [0.1, 0.15) is 5.69 Å². The SMILES string of the molecule is CNc1nc(Nc2ccc(Br)c(F)c2)cc(C(F)(F)F)n1. The smallest absolute Gasteiger partial charge is 0.357 e. The largest absolute Gasteiger partial charge is 0.433 e. The Kier molecular flexibility index (Phi) is 4.31. The molecule has 2 N–H and O–H groups in total. The zero-order valence-electron chi connectivity index (χ0n) is 10.6. The van der Waals surface area contributed by atoms with E-state index >= 15 is 0 Å². The van der Waals surface area contributed by atoms with Gasteiger partial charge in [0.1, 0.15) is 11.6 Å². The van der Waals surface area contributed by atoms with E-state index < -0.39 is 17.7 Å². The maximum Gasteiger partial charge on any atom is 0.433 e. The second-order valence-corrected chi connectivity index (χ2v) is 4.82. The number of anilines is 3. The van der Waals surface area contributed by atoms with Gasteiger partial charge >= 0.3 is 6.18 Å². The van der Waals surface area contributed by atoms with Crippen LogP contribution in [0.4, 0.5) is 35.0 Å². The van der Waals surface area contributed by atoms with Crippen molar-refractivity contribution in [3.8, 4) is 0 Å². The van der Waals surface area contributed by atoms with Crippen molar-refractivity contribution in [1.29, 1.82) is 0 Å². The molecular weight excluding hydrogens is 356 g/mol. The molecule has 1 aromatic carbocycles. The van der Waals surface area contributed by atoms with E-state index in [0.717, 1.165) is 12.1 Å². The highest BCUT2D eigenvalue weighted by Crippen LogP contribution is 2.30. The van der Waals surface area contributed by atoms with Gasteiger partial charge in [0.2, 0.25) is 5.95 Å². The normalized spacial score (nSPS) is 11.3. The number of nitrogens with zero attached hydrogens (tertiary/aromatic N) is 2. The number of halogens is 5. The van der Waals surface area contributed by atoms with Gasteiger partial charge in [0.05, 0.1) is 4.47 Å². The maximum atomic E-state index is 13.4. The van der Waals surface area contributed by atoms with E-state index in [-0.39, 0.29) is 21.9 Å². The predicted molar refractivity (Wildman–Crippen MR) is 74.0 cm³/mol. The van der Waals surface area contributed by atoms with Gasteiger partial charge in [-0.05, 0) is 34.1 Å². The fourth-order valence-electron chi connectivity index (χ4n) is 1.49. The maximum absolute atomic E-state index is 13.4. The van der Waals surface area contributed by atoms with Crippen LogP contribution in [0.25, 0.3) is 0 Å². The Morgan fingerprint density at radius 2 is 1.86 bits per heavy atom. The number of nitrogens with one attached hydrogen (secondary N) is 2. The minimum absolute atomic E-state index is 0.0941. The lowest BCUT2D eigenvalue weighted by Gasteiger charge is -2.11. The molecule has 0 amide bonds. The van der Waals surface area contributed by atoms with Crippen molar-refractivity contribution in [3.63, 3.8) is 0 Å². The number of hydrogen-bond acceptors (Lipinski definition) is 4. The van der Waals surface area contributed by atoms with E-state index in [4.69, 9.17) is 0 Å². The Labute approximate surface area is 125 Å². The highest BCUT2D eigenvalue weighted by atomic mass is 79.9. The Morgan fingerprint density at radius 3 is 2.43 bits per heavy atom. The van der Waals surface area contributed by atoms with E-state index in [1.54, 1.807) is 0 Å². The second-order valence-electron chi connectivity index (χ2n) is 3.96. The summed E-state index contributed by atoms with van der Waals surface area (Å²) >= 11 is 2.99. The van der Waals surface area contributed by atoms with Crippen LogP contribution in [0.5, 0.6) is 0 Å². The summed E-state index contributed by atoms with van der Waals surface area (Å²) in [4.78, 5) is 7.17. The van der Waals surface area contributed by atoms with Gasteiger partial charge in [-0.1, -0.05) is 0 Å². The summed E-state index contributed by atoms with van der Waals surface area (Å²) in [6.07, 6.45) is -4.60. The molecular formula is C12H9BrF4N4. The van der Waals surface area contributed by atoms with Crippen LogP contribution in [0.3, 0.4) is 0 Å². The molecule has 0 saturated heterocycles. The molecule has 0 aliphatic heterocycles. The van der Waals surface area contributed by atoms with Crippen molar-refractivity contribution in [2.45, 2.75) is 6.18 Å². The molecule has 0 atom stereocenters. The molecule has 1 heterocycles. The first-order chi connectivity index (χ1) is 9.79. The molecule has 21 heavy (non-hydrogen) atoms. The van der Waals surface area contributed by atoms with Crippen LogP contribution in [0.2, 0.25) is 0 Å². The molecule has 0 unspecified atom stereocenters. The lowest BCUT2D eigenvalue weighted by Crippen LogP contribution is -2.12. The lowest BCUT2D eigenvalue weighted by molar-refractivity contribution is -0.141. The number of aromatic nitrogens is 2. The monoisotopic (exact) mass is 364 g/mol. The molecule has 2 aromatic rings. The molecule has 0 spiro atoms. The summed E-state index contributed by atoms with van der Waals surface area (Å²) in [5.74, 6) is -0.827. The van der Waals surface area contributed by atoms with Crippen molar-refractivity contribution in [1.82, 2.24) is 9.97 Å². The van der Waals surface area contributed by atoms with Crippen molar-refractivity contribution < 1.29 is 17.6 Å². The van der Waals surface area contributed by atoms with E-state index in [9.17, 15) is 17.6 Å². The van der Waals surface area contributed by atoms with E-state index in [1.807, 2.05) is 0 Å². The van der Waals surface area contributed by atoms with Crippen LogP contribution in [0.15, 0.2) is 28.7 Å². The Morgan fingerprint density at radius 1 is 1.14 bits per heavy atom. The first-order valence-corrected chi connectivity index (χ1v) is 6.45. The van der Waals surface area contributed by atoms with Crippen LogP contribution < -0.4 is 10.6 Å². The van der Waals surface area contributed by atoms with Gasteiger partial charge in [-0.3, -0.25) is 0 Å². The molecule has 112 valence electrons. The second kappa shape index (κ2) is 5.84. The molecule has 4 nitrogen and oxygen atoms in total. The molecule has 0 aliphatic carbocycles. The lowest BCUT2D eigenvalue weighted by atomic mass is 10.3. The van der Waals surface area contributed by atoms with Gasteiger partial charge in [-0.2, -0.15) is 18.2 Å². The van der Waals surface area contributed by atoms with Gasteiger partial charge in [0, 0.05) is 18.8 Å². The summed E-state index contributed by atoms with van der Waals surface area (Å²) in [7, 11) is 1.40. The first-order valence-electron chi connectivity index (χ1n) is 5.65. The van der Waals surface area contributed by atoms with Gasteiger partial charge in [0.25, 0.3) is 0 Å². The highest BCUT2D eigenvalue weighted by molar-refractivity contribution is 9.10. The average Bonchev–Trinajstić information content (AvgIpc) is 2.41. The molecule has 9 heteroatoms. The number of rotatable bonds is 3. The molecule has 0 saturated carbocycles. The van der Waals surface area contributed by atoms with Crippen LogP contribution in [-0.2, 0) is 6.18 Å². The van der Waals surface area contributed by atoms with Gasteiger partial charge in [-0.25, -0.2) is 9.37 Å². The van der Waals surface area contributed by atoms with Crippen LogP contribution in [0, 0.1) is 5.82 Å². The fourth-order valence-corrected chi connectivity index (χ4v) is 1.74. The third-order valence-electron chi connectivity index (χ3n) is 2.43. The van der Waals surface area contributed by atoms with Crippen molar-refractivity contribution in [2.24, 2.45) is 0 Å². The predicted octanol–water partition coefficient (Wildman–Crippen LogP) is 4.18. The Balaban J connectivity index is 2.36. The summed E-state index contributed by atoms with van der Waals surface area (Å²) in [5.41, 5.74) is -0.827. The zero-order chi connectivity index (χ0) is 15.6. The van der Waals surface area contributed by atoms with Gasteiger partial charge < -0.3 is 10.6 Å². The fraction of sp³-hybridized carbons (Fsp3) is 0.167. The minimum Gasteiger partial charge on any atom is -0.357 e. The number of benzene rings is 1. The number of hydrogen-bond donors (Lipinski definition) is 2. The Bertz CT molecular complexity index is 660. The Hall–Kier alpha value is -1.90. The summed E-state index contributed by atoms with van der Waals surface area (Å²) < 4.78 is 51.8. The van der Waals surface area contributed by atoms with Crippen LogP contribution >= 0.6 is 15.9 Å². The van der Waals surface area contributed by atoms with Crippen molar-refractivity contribution in [2.75, 3.05) is 17.7 Å². The molecule has 0 aliphatic rings. The molecule has 2 rings (SSSR count). The third-order valence-corrected chi connectivity index (χ3v) is 3.08. The van der Waals surface area contributed by atoms with E-state index in [2.05, 4.69) is 36.5 Å². The summed E-state index contributed by atoms with van der Waals surface area (Å²) in [6.45, 7) is 0. The molecule has 0 radical (unpaired) electrons. The van der Waals surface area contributed by atoms with E-state index in [0.29, 0.717) is 0 Å². The van der Waals surface area contributed by atoms with Gasteiger partial charge in [0.15, 0.2) is 5.69 Å². The first kappa shape index (κ1) is 15.5. The summed E-state index contributed by atoms with van der Waals surface area (Å²) in [5, 5.41) is 5.05. The molecule has 1 aromatic heterocycles. The highest BCUT2D eigenvalue weighted by Gasteiger charge is 2.33. The molecule has 0 bridgehead atoms. The standard InChI is InChI=1S/C12H9BrF4N4/c1-18-11-20-9(12(15,16)17)5-10(21-11)19-6-2-3-7(13)8(14)4-6/h2-5H,1H3,(H2,18,19,20,21). The topological polar surface area (TPSA) is 49.8 Å². The summed E-state index contributed by atoms with van der Waals surface area (Å²) in [6, 6.07) is 4.82. The van der Waals surface area contributed by atoms with Crippen LogP contribution in [-0.4, -0.2) is 17.0 Å². The van der Waals surface area contributed by atoms with Crippen molar-refractivity contribution in [3.05, 3.63) is 40.2 Å². The van der Waals surface area contributed by atoms with Gasteiger partial charge in [-0.15, -0.1) is 0 Å². The molecule has 0 fully saturated rings. The zero-order valence-corrected chi connectivity index (χ0v) is 12.2. The average molecular weight is 365 g/mol. The third kappa shape index (κ3) is 3.81. The van der Waals surface area contributed by atoms with Crippen molar-refractivity contribution >= 4 is 33.4 Å². The number of alkyl halides is 3.